The molecule has 0 amide bonds. The molecule has 0 aliphatic carbocycles. The molecule has 7 heteroatoms. The Kier molecular flexibility index (Phi) is 4.08. The number of rotatable bonds is 5. The normalized spacial score (nSPS) is 11.5. The number of para-hydroxylation sites is 1. The quantitative estimate of drug-likeness (QED) is 0.598. The van der Waals surface area contributed by atoms with Gasteiger partial charge < -0.3 is 14.4 Å². The number of fused-ring (bicyclic) bond motifs is 3. The molecule has 0 bridgehead atoms. The van der Waals surface area contributed by atoms with Crippen LogP contribution < -0.4 is 4.74 Å². The van der Waals surface area contributed by atoms with E-state index < -0.39 is 0 Å². The molecule has 4 aromatic rings. The molecular weight excluding hydrogens is 330 g/mol. The lowest BCUT2D eigenvalue weighted by atomic mass is 10.2. The number of benzene rings is 1. The third-order valence-corrected chi connectivity index (χ3v) is 4.83. The van der Waals surface area contributed by atoms with Crippen molar-refractivity contribution in [1.82, 2.24) is 24.1 Å². The molecule has 3 heterocycles. The fourth-order valence-electron chi connectivity index (χ4n) is 3.38. The zero-order chi connectivity index (χ0) is 18.3. The van der Waals surface area contributed by atoms with Gasteiger partial charge in [-0.25, -0.2) is 14.5 Å². The van der Waals surface area contributed by atoms with Gasteiger partial charge in [0, 0.05) is 18.8 Å². The first-order valence-electron chi connectivity index (χ1n) is 8.60. The summed E-state index contributed by atoms with van der Waals surface area (Å²) in [5, 5.41) is 14.8. The Morgan fingerprint density at radius 2 is 1.96 bits per heavy atom. The van der Waals surface area contributed by atoms with E-state index in [2.05, 4.69) is 28.5 Å². The number of aliphatic hydroxyl groups is 1. The zero-order valence-corrected chi connectivity index (χ0v) is 15.1. The van der Waals surface area contributed by atoms with Gasteiger partial charge in [0.15, 0.2) is 11.5 Å². The molecule has 0 atom stereocenters. The third kappa shape index (κ3) is 2.43. The van der Waals surface area contributed by atoms with Gasteiger partial charge >= 0.3 is 0 Å². The maximum Gasteiger partial charge on any atom is 0.185 e. The summed E-state index contributed by atoms with van der Waals surface area (Å²) < 4.78 is 9.29. The van der Waals surface area contributed by atoms with Gasteiger partial charge in [-0.05, 0) is 38.0 Å². The third-order valence-electron chi connectivity index (χ3n) is 4.83. The summed E-state index contributed by atoms with van der Waals surface area (Å²) in [6.45, 7) is 5.03. The molecule has 0 saturated carbocycles. The van der Waals surface area contributed by atoms with E-state index in [0.717, 1.165) is 45.8 Å². The molecule has 0 unspecified atom stereocenters. The second-order valence-corrected chi connectivity index (χ2v) is 6.29. The zero-order valence-electron chi connectivity index (χ0n) is 15.1. The highest BCUT2D eigenvalue weighted by molar-refractivity contribution is 5.94. The van der Waals surface area contributed by atoms with Crippen molar-refractivity contribution >= 4 is 16.7 Å². The molecule has 7 nitrogen and oxygen atoms in total. The number of aliphatic hydroxyl groups excluding tert-OH is 1. The summed E-state index contributed by atoms with van der Waals surface area (Å²) >= 11 is 0. The number of aromatic nitrogens is 5. The van der Waals surface area contributed by atoms with Crippen LogP contribution in [0.25, 0.3) is 28.1 Å². The van der Waals surface area contributed by atoms with Crippen molar-refractivity contribution in [3.63, 3.8) is 0 Å². The summed E-state index contributed by atoms with van der Waals surface area (Å²) in [5.74, 6) is 1.35. The highest BCUT2D eigenvalue weighted by Gasteiger charge is 2.19. The first-order valence-corrected chi connectivity index (χ1v) is 8.60. The minimum Gasteiger partial charge on any atom is -0.496 e. The average molecular weight is 351 g/mol. The van der Waals surface area contributed by atoms with Gasteiger partial charge in [0.1, 0.15) is 17.7 Å². The fraction of sp³-hybridized carbons (Fsp3) is 0.316. The topological polar surface area (TPSA) is 77.5 Å². The van der Waals surface area contributed by atoms with Gasteiger partial charge in [0.25, 0.3) is 0 Å². The van der Waals surface area contributed by atoms with Crippen molar-refractivity contribution in [2.24, 2.45) is 0 Å². The van der Waals surface area contributed by atoms with E-state index in [0.29, 0.717) is 12.2 Å². The molecule has 3 aromatic heterocycles. The highest BCUT2D eigenvalue weighted by Crippen LogP contribution is 2.31. The minimum atomic E-state index is 0.156. The molecule has 134 valence electrons. The largest absolute Gasteiger partial charge is 0.496 e. The molecule has 0 fully saturated rings. The van der Waals surface area contributed by atoms with Crippen LogP contribution in [0.3, 0.4) is 0 Å². The summed E-state index contributed by atoms with van der Waals surface area (Å²) in [6.07, 6.45) is 2.38. The van der Waals surface area contributed by atoms with E-state index in [4.69, 9.17) is 9.72 Å². The van der Waals surface area contributed by atoms with Crippen LogP contribution in [-0.2, 0) is 6.54 Å². The lowest BCUT2D eigenvalue weighted by Crippen LogP contribution is -2.03. The monoisotopic (exact) mass is 351 g/mol. The Hall–Kier alpha value is -2.93. The summed E-state index contributed by atoms with van der Waals surface area (Å²) in [7, 11) is 1.64. The second kappa shape index (κ2) is 6.42. The van der Waals surface area contributed by atoms with Gasteiger partial charge in [0.2, 0.25) is 0 Å². The number of hydrogen-bond donors (Lipinski definition) is 1. The van der Waals surface area contributed by atoms with Crippen LogP contribution in [0.1, 0.15) is 17.7 Å². The highest BCUT2D eigenvalue weighted by atomic mass is 16.5. The Balaban J connectivity index is 1.95. The number of aryl methyl sites for hydroxylation is 2. The van der Waals surface area contributed by atoms with Gasteiger partial charge in [0.05, 0.1) is 18.1 Å². The van der Waals surface area contributed by atoms with Crippen molar-refractivity contribution in [2.45, 2.75) is 26.8 Å². The van der Waals surface area contributed by atoms with E-state index in [9.17, 15) is 5.11 Å². The number of methoxy groups -OCH3 is 1. The summed E-state index contributed by atoms with van der Waals surface area (Å²) in [5.41, 5.74) is 4.77. The van der Waals surface area contributed by atoms with Gasteiger partial charge in [-0.1, -0.05) is 12.1 Å². The maximum atomic E-state index is 9.18. The molecule has 0 radical (unpaired) electrons. The van der Waals surface area contributed by atoms with Crippen LogP contribution in [0, 0.1) is 13.8 Å². The lowest BCUT2D eigenvalue weighted by molar-refractivity contribution is 0.280. The van der Waals surface area contributed by atoms with Crippen molar-refractivity contribution in [3.05, 3.63) is 41.9 Å². The fourth-order valence-corrected chi connectivity index (χ4v) is 3.38. The molecule has 0 aliphatic rings. The van der Waals surface area contributed by atoms with Crippen LogP contribution in [0.2, 0.25) is 0 Å². The smallest absolute Gasteiger partial charge is 0.185 e. The van der Waals surface area contributed by atoms with Crippen molar-refractivity contribution < 1.29 is 9.84 Å². The number of nitrogens with zero attached hydrogens (tertiary/aromatic N) is 5. The van der Waals surface area contributed by atoms with Gasteiger partial charge in [-0.15, -0.1) is 5.10 Å². The van der Waals surface area contributed by atoms with E-state index in [-0.39, 0.29) is 6.61 Å². The average Bonchev–Trinajstić information content (AvgIpc) is 3.20. The predicted octanol–water partition coefficient (Wildman–Crippen LogP) is 2.75. The Bertz CT molecular complexity index is 1100. The van der Waals surface area contributed by atoms with E-state index in [1.165, 1.54) is 0 Å². The summed E-state index contributed by atoms with van der Waals surface area (Å²) in [4.78, 5) is 9.39. The van der Waals surface area contributed by atoms with Gasteiger partial charge in [-0.3, -0.25) is 0 Å². The first kappa shape index (κ1) is 16.5. The Labute approximate surface area is 150 Å². The molecule has 1 N–H and O–H groups in total. The number of hydrogen-bond acceptors (Lipinski definition) is 5. The van der Waals surface area contributed by atoms with Crippen LogP contribution in [0.5, 0.6) is 5.75 Å². The van der Waals surface area contributed by atoms with E-state index >= 15 is 0 Å². The van der Waals surface area contributed by atoms with E-state index in [1.54, 1.807) is 18.0 Å². The minimum absolute atomic E-state index is 0.156. The standard InChI is InChI=1S/C19H21N5O2/c1-12-13(2)23(9-6-10-25)18-16(12)19-21-17(22-24(19)11-20-18)14-7-4-5-8-15(14)26-3/h4-5,7-8,11,25H,6,9-10H2,1-3H3. The first-order chi connectivity index (χ1) is 12.7. The Morgan fingerprint density at radius 3 is 2.73 bits per heavy atom. The van der Waals surface area contributed by atoms with E-state index in [1.807, 2.05) is 24.3 Å². The second-order valence-electron chi connectivity index (χ2n) is 6.29. The van der Waals surface area contributed by atoms with Gasteiger partial charge in [-0.2, -0.15) is 0 Å². The maximum absolute atomic E-state index is 9.18. The SMILES string of the molecule is COc1ccccc1-c1nc2c3c(C)c(C)n(CCCO)c3ncn2n1. The molecule has 0 spiro atoms. The Morgan fingerprint density at radius 1 is 1.15 bits per heavy atom. The lowest BCUT2D eigenvalue weighted by Gasteiger charge is -2.05. The number of ether oxygens (including phenoxy) is 1. The molecule has 26 heavy (non-hydrogen) atoms. The molecule has 4 rings (SSSR count). The molecular formula is C19H21N5O2. The molecule has 0 saturated heterocycles. The van der Waals surface area contributed by atoms with Crippen molar-refractivity contribution in [2.75, 3.05) is 13.7 Å². The summed E-state index contributed by atoms with van der Waals surface area (Å²) in [6, 6.07) is 7.71. The van der Waals surface area contributed by atoms with Crippen molar-refractivity contribution in [1.29, 1.82) is 0 Å². The molecule has 1 aromatic carbocycles. The predicted molar refractivity (Wildman–Crippen MR) is 99.4 cm³/mol. The van der Waals surface area contributed by atoms with Crippen LogP contribution in [0.15, 0.2) is 30.6 Å². The van der Waals surface area contributed by atoms with Crippen molar-refractivity contribution in [3.8, 4) is 17.1 Å². The molecule has 0 aliphatic heterocycles. The van der Waals surface area contributed by atoms with Crippen LogP contribution in [0.4, 0.5) is 0 Å². The van der Waals surface area contributed by atoms with Crippen LogP contribution >= 0.6 is 0 Å². The van der Waals surface area contributed by atoms with Crippen LogP contribution in [-0.4, -0.2) is 43.0 Å².